The molecule has 1 aliphatic rings. The Morgan fingerprint density at radius 3 is 1.11 bits per heavy atom. The highest BCUT2D eigenvalue weighted by molar-refractivity contribution is 5.65. The third-order valence-electron chi connectivity index (χ3n) is 5.35. The highest BCUT2D eigenvalue weighted by atomic mass is 16.6. The second-order valence-electron chi connectivity index (χ2n) is 7.00. The van der Waals surface area contributed by atoms with E-state index in [1.165, 1.54) is 33.4 Å². The summed E-state index contributed by atoms with van der Waals surface area (Å²) in [5.74, 6) is 0. The quantitative estimate of drug-likeness (QED) is 0.395. The average Bonchev–Trinajstić information content (AvgIpc) is 3.57. The van der Waals surface area contributed by atoms with Crippen LogP contribution in [0.5, 0.6) is 0 Å². The Labute approximate surface area is 159 Å². The van der Waals surface area contributed by atoms with E-state index in [1.807, 2.05) is 12.1 Å². The maximum atomic E-state index is 5.96. The Morgan fingerprint density at radius 1 is 0.444 bits per heavy atom. The summed E-state index contributed by atoms with van der Waals surface area (Å²) >= 11 is 0. The predicted octanol–water partition coefficient (Wildman–Crippen LogP) is 6.29. The van der Waals surface area contributed by atoms with Crippen LogP contribution >= 0.6 is 0 Å². The summed E-state index contributed by atoms with van der Waals surface area (Å²) in [6.07, 6.45) is 0. The Morgan fingerprint density at radius 2 is 0.778 bits per heavy atom. The van der Waals surface area contributed by atoms with Gasteiger partial charge in [0.15, 0.2) is 0 Å². The van der Waals surface area contributed by atoms with Gasteiger partial charge in [-0.25, -0.2) is 0 Å². The van der Waals surface area contributed by atoms with Crippen molar-refractivity contribution in [1.82, 2.24) is 0 Å². The van der Waals surface area contributed by atoms with E-state index < -0.39 is 0 Å². The normalized spacial score (nSPS) is 14.7. The largest absolute Gasteiger partial charge is 0.359 e. The van der Waals surface area contributed by atoms with Crippen molar-refractivity contribution in [3.05, 3.63) is 120 Å². The van der Waals surface area contributed by atoms with Gasteiger partial charge >= 0.3 is 0 Å². The molecule has 1 saturated heterocycles. The van der Waals surface area contributed by atoms with Crippen LogP contribution in [0.15, 0.2) is 109 Å². The molecule has 0 aromatic heterocycles. The second kappa shape index (κ2) is 6.53. The minimum absolute atomic E-state index is 0.287. The van der Waals surface area contributed by atoms with Crippen molar-refractivity contribution in [2.45, 2.75) is 5.60 Å². The zero-order chi connectivity index (χ0) is 18.1. The molecule has 1 aliphatic heterocycles. The molecule has 27 heavy (non-hydrogen) atoms. The van der Waals surface area contributed by atoms with E-state index >= 15 is 0 Å². The highest BCUT2D eigenvalue weighted by Crippen LogP contribution is 2.45. The summed E-state index contributed by atoms with van der Waals surface area (Å²) in [6, 6.07) is 38.5. The van der Waals surface area contributed by atoms with Crippen LogP contribution in [0.25, 0.3) is 22.3 Å². The first-order chi connectivity index (χ1) is 13.4. The number of rotatable bonds is 4. The smallest absolute Gasteiger partial charge is 0.142 e. The van der Waals surface area contributed by atoms with E-state index in [1.54, 1.807) is 0 Å². The molecule has 1 heteroatoms. The minimum atomic E-state index is -0.287. The number of hydrogen-bond acceptors (Lipinski definition) is 1. The molecule has 5 rings (SSSR count). The summed E-state index contributed by atoms with van der Waals surface area (Å²) in [5, 5.41) is 0. The van der Waals surface area contributed by atoms with E-state index in [9.17, 15) is 0 Å². The fourth-order valence-corrected chi connectivity index (χ4v) is 3.70. The summed E-state index contributed by atoms with van der Waals surface area (Å²) in [4.78, 5) is 0. The van der Waals surface area contributed by atoms with Crippen molar-refractivity contribution in [2.24, 2.45) is 0 Å². The summed E-state index contributed by atoms with van der Waals surface area (Å²) < 4.78 is 5.96. The molecule has 4 aromatic rings. The van der Waals surface area contributed by atoms with Gasteiger partial charge in [0.05, 0.1) is 6.61 Å². The third-order valence-corrected chi connectivity index (χ3v) is 5.35. The van der Waals surface area contributed by atoms with Crippen molar-refractivity contribution < 1.29 is 4.74 Å². The fraction of sp³-hybridized carbons (Fsp3) is 0.0769. The van der Waals surface area contributed by atoms with Crippen molar-refractivity contribution >= 4 is 0 Å². The lowest BCUT2D eigenvalue weighted by Crippen LogP contribution is -2.10. The lowest BCUT2D eigenvalue weighted by Gasteiger charge is -2.14. The Hall–Kier alpha value is -3.16. The van der Waals surface area contributed by atoms with E-state index in [-0.39, 0.29) is 5.60 Å². The van der Waals surface area contributed by atoms with Gasteiger partial charge in [-0.05, 0) is 33.4 Å². The molecule has 0 N–H and O–H groups in total. The molecule has 1 nitrogen and oxygen atoms in total. The molecule has 4 aromatic carbocycles. The molecule has 0 bridgehead atoms. The van der Waals surface area contributed by atoms with Crippen LogP contribution in [0.3, 0.4) is 0 Å². The van der Waals surface area contributed by atoms with Gasteiger partial charge in [-0.3, -0.25) is 0 Å². The summed E-state index contributed by atoms with van der Waals surface area (Å²) in [5.41, 5.74) is 7.09. The van der Waals surface area contributed by atoms with Gasteiger partial charge in [0.25, 0.3) is 0 Å². The molecule has 0 atom stereocenters. The molecule has 0 saturated carbocycles. The van der Waals surface area contributed by atoms with Gasteiger partial charge in [-0.2, -0.15) is 0 Å². The first-order valence-electron chi connectivity index (χ1n) is 9.31. The van der Waals surface area contributed by atoms with E-state index in [4.69, 9.17) is 4.74 Å². The third kappa shape index (κ3) is 2.97. The van der Waals surface area contributed by atoms with Crippen LogP contribution in [0.1, 0.15) is 11.1 Å². The topological polar surface area (TPSA) is 12.5 Å². The first kappa shape index (κ1) is 16.0. The van der Waals surface area contributed by atoms with Crippen molar-refractivity contribution in [3.8, 4) is 22.3 Å². The lowest BCUT2D eigenvalue weighted by molar-refractivity contribution is 0.349. The predicted molar refractivity (Wildman–Crippen MR) is 110 cm³/mol. The van der Waals surface area contributed by atoms with Gasteiger partial charge in [0.1, 0.15) is 5.60 Å². The Balaban J connectivity index is 1.43. The van der Waals surface area contributed by atoms with Crippen molar-refractivity contribution in [3.63, 3.8) is 0 Å². The monoisotopic (exact) mass is 348 g/mol. The number of ether oxygens (including phenoxy) is 1. The molecule has 0 unspecified atom stereocenters. The maximum absolute atomic E-state index is 5.96. The molecule has 1 fully saturated rings. The number of hydrogen-bond donors (Lipinski definition) is 0. The number of benzene rings is 4. The molecular weight excluding hydrogens is 328 g/mol. The van der Waals surface area contributed by atoms with Gasteiger partial charge < -0.3 is 4.74 Å². The average molecular weight is 348 g/mol. The molecule has 0 radical (unpaired) electrons. The van der Waals surface area contributed by atoms with Gasteiger partial charge in [-0.1, -0.05) is 109 Å². The fourth-order valence-electron chi connectivity index (χ4n) is 3.70. The SMILES string of the molecule is c1ccc(-c2ccc(C3(c4ccc(-c5ccccc5)cc4)CO3)cc2)cc1. The van der Waals surface area contributed by atoms with Gasteiger partial charge in [0, 0.05) is 0 Å². The van der Waals surface area contributed by atoms with Crippen LogP contribution in [-0.2, 0) is 10.3 Å². The highest BCUT2D eigenvalue weighted by Gasteiger charge is 2.48. The van der Waals surface area contributed by atoms with Gasteiger partial charge in [0.2, 0.25) is 0 Å². The zero-order valence-corrected chi connectivity index (χ0v) is 15.0. The molecule has 0 spiro atoms. The van der Waals surface area contributed by atoms with Crippen LogP contribution in [0.2, 0.25) is 0 Å². The maximum Gasteiger partial charge on any atom is 0.142 e. The van der Waals surface area contributed by atoms with Crippen LogP contribution < -0.4 is 0 Å². The Bertz CT molecular complexity index is 944. The molecule has 1 heterocycles. The van der Waals surface area contributed by atoms with Crippen LogP contribution in [0.4, 0.5) is 0 Å². The van der Waals surface area contributed by atoms with E-state index in [0.29, 0.717) is 0 Å². The van der Waals surface area contributed by atoms with Crippen molar-refractivity contribution in [2.75, 3.05) is 6.61 Å². The first-order valence-corrected chi connectivity index (χ1v) is 9.31. The Kier molecular flexibility index (Phi) is 3.88. The molecular formula is C26H20O. The minimum Gasteiger partial charge on any atom is -0.359 e. The van der Waals surface area contributed by atoms with Crippen LogP contribution in [-0.4, -0.2) is 6.61 Å². The van der Waals surface area contributed by atoms with Crippen molar-refractivity contribution in [1.29, 1.82) is 0 Å². The molecule has 130 valence electrons. The summed E-state index contributed by atoms with van der Waals surface area (Å²) in [7, 11) is 0. The summed E-state index contributed by atoms with van der Waals surface area (Å²) in [6.45, 7) is 0.738. The standard InChI is InChI=1S/C26H20O/c1-3-7-20(8-4-1)22-11-15-24(16-12-22)26(19-27-26)25-17-13-23(14-18-25)21-9-5-2-6-10-21/h1-18H,19H2. The zero-order valence-electron chi connectivity index (χ0n) is 15.0. The van der Waals surface area contributed by atoms with E-state index in [2.05, 4.69) is 97.1 Å². The van der Waals surface area contributed by atoms with Crippen LogP contribution in [0, 0.1) is 0 Å². The molecule has 0 amide bonds. The van der Waals surface area contributed by atoms with E-state index in [0.717, 1.165) is 6.61 Å². The lowest BCUT2D eigenvalue weighted by atomic mass is 9.89. The number of epoxide rings is 1. The second-order valence-corrected chi connectivity index (χ2v) is 7.00. The molecule has 0 aliphatic carbocycles. The van der Waals surface area contributed by atoms with Gasteiger partial charge in [-0.15, -0.1) is 0 Å².